The highest BCUT2D eigenvalue weighted by molar-refractivity contribution is 5.88. The van der Waals surface area contributed by atoms with Crippen LogP contribution in [0.25, 0.3) is 0 Å². The second kappa shape index (κ2) is 2.52. The van der Waals surface area contributed by atoms with Gasteiger partial charge in [0.2, 0.25) is 5.91 Å². The van der Waals surface area contributed by atoms with E-state index in [0.29, 0.717) is 0 Å². The van der Waals surface area contributed by atoms with Gasteiger partial charge in [-0.15, -0.1) is 0 Å². The molecule has 0 spiro atoms. The Morgan fingerprint density at radius 3 is 2.36 bits per heavy atom. The van der Waals surface area contributed by atoms with Crippen LogP contribution in [0.3, 0.4) is 0 Å². The van der Waals surface area contributed by atoms with Gasteiger partial charge in [-0.25, -0.2) is 8.78 Å². The third-order valence-electron chi connectivity index (χ3n) is 3.15. The first-order valence-electron chi connectivity index (χ1n) is 4.53. The topological polar surface area (TPSA) is 37.4 Å². The molecule has 1 unspecified atom stereocenters. The zero-order valence-electron chi connectivity index (χ0n) is 7.96. The molecule has 1 heterocycles. The molecule has 0 bridgehead atoms. The zero-order valence-corrected chi connectivity index (χ0v) is 7.96. The molecule has 0 aromatic heterocycles. The molecule has 0 aromatic rings. The molecule has 2 fully saturated rings. The van der Waals surface area contributed by atoms with E-state index in [0.717, 1.165) is 0 Å². The number of alkyl halides is 2. The van der Waals surface area contributed by atoms with E-state index in [2.05, 4.69) is 0 Å². The van der Waals surface area contributed by atoms with Gasteiger partial charge in [-0.3, -0.25) is 9.59 Å². The highest BCUT2D eigenvalue weighted by atomic mass is 19.3. The lowest BCUT2D eigenvalue weighted by Crippen LogP contribution is -2.44. The number of fused-ring (bicyclic) bond motifs is 1. The number of Topliss-reactive ketones (excluding diaryl/α,β-unsaturated/α-hetero) is 1. The summed E-state index contributed by atoms with van der Waals surface area (Å²) in [5.74, 6) is -5.09. The molecule has 0 aromatic carbocycles. The number of carbonyl (C=O) groups excluding carboxylic acids is 2. The Kier molecular flexibility index (Phi) is 1.72. The number of piperidine rings is 1. The summed E-state index contributed by atoms with van der Waals surface area (Å²) in [7, 11) is 0. The van der Waals surface area contributed by atoms with Crippen LogP contribution in [0, 0.1) is 11.8 Å². The van der Waals surface area contributed by atoms with Gasteiger partial charge in [0.05, 0.1) is 17.9 Å². The van der Waals surface area contributed by atoms with Crippen LogP contribution in [0.15, 0.2) is 0 Å². The Labute approximate surface area is 80.1 Å². The van der Waals surface area contributed by atoms with E-state index in [9.17, 15) is 18.4 Å². The normalized spacial score (nSPS) is 38.0. The van der Waals surface area contributed by atoms with Crippen LogP contribution in [0.1, 0.15) is 13.8 Å². The van der Waals surface area contributed by atoms with Gasteiger partial charge in [-0.05, 0) is 6.92 Å². The fourth-order valence-corrected chi connectivity index (χ4v) is 2.40. The predicted molar refractivity (Wildman–Crippen MR) is 43.8 cm³/mol. The molecule has 14 heavy (non-hydrogen) atoms. The number of rotatable bonds is 1. The summed E-state index contributed by atoms with van der Waals surface area (Å²) < 4.78 is 26.0. The van der Waals surface area contributed by atoms with Crippen LogP contribution < -0.4 is 0 Å². The van der Waals surface area contributed by atoms with Gasteiger partial charge in [-0.2, -0.15) is 0 Å². The van der Waals surface area contributed by atoms with Crippen molar-refractivity contribution in [3.8, 4) is 0 Å². The molecule has 1 aliphatic heterocycles. The Balaban J connectivity index is 2.23. The average molecular weight is 203 g/mol. The zero-order chi connectivity index (χ0) is 10.7. The quantitative estimate of drug-likeness (QED) is 0.628. The fraction of sp³-hybridized carbons (Fsp3) is 0.778. The lowest BCUT2D eigenvalue weighted by molar-refractivity contribution is -0.138. The van der Waals surface area contributed by atoms with Gasteiger partial charge in [0.25, 0.3) is 5.92 Å². The highest BCUT2D eigenvalue weighted by Crippen LogP contribution is 2.62. The molecule has 1 amide bonds. The average Bonchev–Trinajstić information content (AvgIpc) is 2.47. The first-order chi connectivity index (χ1) is 6.37. The summed E-state index contributed by atoms with van der Waals surface area (Å²) >= 11 is 0. The van der Waals surface area contributed by atoms with E-state index in [1.165, 1.54) is 18.7 Å². The molecule has 78 valence electrons. The Morgan fingerprint density at radius 2 is 1.93 bits per heavy atom. The van der Waals surface area contributed by atoms with Crippen molar-refractivity contribution in [1.82, 2.24) is 4.90 Å². The minimum atomic E-state index is -2.73. The molecule has 0 radical (unpaired) electrons. The van der Waals surface area contributed by atoms with Gasteiger partial charge in [-0.1, -0.05) is 0 Å². The lowest BCUT2D eigenvalue weighted by Gasteiger charge is -2.25. The maximum Gasteiger partial charge on any atom is 0.258 e. The molecule has 2 rings (SSSR count). The summed E-state index contributed by atoms with van der Waals surface area (Å²) in [5.41, 5.74) is 0. The van der Waals surface area contributed by atoms with Crippen LogP contribution in [-0.4, -0.2) is 35.1 Å². The van der Waals surface area contributed by atoms with E-state index in [1.54, 1.807) is 0 Å². The number of ketones is 1. The molecule has 3 nitrogen and oxygen atoms in total. The summed E-state index contributed by atoms with van der Waals surface area (Å²) in [4.78, 5) is 23.5. The van der Waals surface area contributed by atoms with Gasteiger partial charge < -0.3 is 4.90 Å². The number of nitrogens with zero attached hydrogens (tertiary/aromatic N) is 1. The van der Waals surface area contributed by atoms with Crippen molar-refractivity contribution in [2.45, 2.75) is 25.8 Å². The highest BCUT2D eigenvalue weighted by Gasteiger charge is 2.76. The van der Waals surface area contributed by atoms with Crippen LogP contribution in [0.2, 0.25) is 0 Å². The maximum atomic E-state index is 13.0. The van der Waals surface area contributed by atoms with Gasteiger partial charge >= 0.3 is 0 Å². The first kappa shape index (κ1) is 9.55. The molecule has 1 saturated carbocycles. The molecule has 2 aliphatic rings. The molecule has 1 aliphatic carbocycles. The minimum Gasteiger partial charge on any atom is -0.332 e. The first-order valence-corrected chi connectivity index (χ1v) is 4.53. The predicted octanol–water partition coefficient (Wildman–Crippen LogP) is 0.687. The van der Waals surface area contributed by atoms with Crippen LogP contribution in [-0.2, 0) is 9.59 Å². The monoisotopic (exact) mass is 203 g/mol. The Bertz CT molecular complexity index is 316. The molecule has 0 N–H and O–H groups in total. The van der Waals surface area contributed by atoms with Crippen LogP contribution >= 0.6 is 0 Å². The molecule has 5 heteroatoms. The van der Waals surface area contributed by atoms with Crippen molar-refractivity contribution in [2.24, 2.45) is 11.8 Å². The standard InChI is InChI=1S/C9H11F2NO2/c1-4(13)8-7-6(9(7,10)11)3-12(8)5(2)14/h6-8H,3H2,1-2H3/t6-,7?,8+/m0/s1. The van der Waals surface area contributed by atoms with Crippen molar-refractivity contribution < 1.29 is 18.4 Å². The third-order valence-corrected chi connectivity index (χ3v) is 3.15. The van der Waals surface area contributed by atoms with Crippen molar-refractivity contribution in [1.29, 1.82) is 0 Å². The maximum absolute atomic E-state index is 13.0. The van der Waals surface area contributed by atoms with Crippen molar-refractivity contribution >= 4 is 11.7 Å². The number of carbonyl (C=O) groups is 2. The van der Waals surface area contributed by atoms with Crippen molar-refractivity contribution in [3.05, 3.63) is 0 Å². The van der Waals surface area contributed by atoms with Crippen molar-refractivity contribution in [3.63, 3.8) is 0 Å². The summed E-state index contributed by atoms with van der Waals surface area (Å²) in [6.07, 6.45) is 0. The van der Waals surface area contributed by atoms with Crippen molar-refractivity contribution in [2.75, 3.05) is 6.54 Å². The SMILES string of the molecule is CC(=O)[C@@H]1C2[C@H](CN1C(C)=O)C2(F)F. The van der Waals surface area contributed by atoms with E-state index >= 15 is 0 Å². The number of halogens is 2. The van der Waals surface area contributed by atoms with Gasteiger partial charge in [0.1, 0.15) is 0 Å². The number of likely N-dealkylation sites (tertiary alicyclic amines) is 1. The van der Waals surface area contributed by atoms with E-state index in [-0.39, 0.29) is 18.2 Å². The third kappa shape index (κ3) is 1.01. The second-order valence-electron chi connectivity index (χ2n) is 4.03. The molecule has 3 atom stereocenters. The van der Waals surface area contributed by atoms with Crippen LogP contribution in [0.5, 0.6) is 0 Å². The summed E-state index contributed by atoms with van der Waals surface area (Å²) in [6, 6.07) is -0.896. The number of amides is 1. The van der Waals surface area contributed by atoms with Gasteiger partial charge in [0, 0.05) is 13.5 Å². The summed E-state index contributed by atoms with van der Waals surface area (Å²) in [6.45, 7) is 2.59. The molecule has 1 saturated heterocycles. The van der Waals surface area contributed by atoms with E-state index < -0.39 is 23.8 Å². The minimum absolute atomic E-state index is 0.0250. The Hall–Kier alpha value is -1.00. The van der Waals surface area contributed by atoms with Gasteiger partial charge in [0.15, 0.2) is 5.78 Å². The van der Waals surface area contributed by atoms with Crippen LogP contribution in [0.4, 0.5) is 8.78 Å². The number of hydrogen-bond donors (Lipinski definition) is 0. The lowest BCUT2D eigenvalue weighted by atomic mass is 10.1. The van der Waals surface area contributed by atoms with E-state index in [4.69, 9.17) is 0 Å². The smallest absolute Gasteiger partial charge is 0.258 e. The second-order valence-corrected chi connectivity index (χ2v) is 4.03. The number of hydrogen-bond acceptors (Lipinski definition) is 2. The molecular weight excluding hydrogens is 192 g/mol. The van der Waals surface area contributed by atoms with E-state index in [1.807, 2.05) is 0 Å². The largest absolute Gasteiger partial charge is 0.332 e. The summed E-state index contributed by atoms with van der Waals surface area (Å²) in [5, 5.41) is 0. The fourth-order valence-electron chi connectivity index (χ4n) is 2.40. The molecular formula is C9H11F2NO2. The Morgan fingerprint density at radius 1 is 1.36 bits per heavy atom.